The number of nitrogens with one attached hydrogen (secondary N) is 2. The molecule has 158 valence electrons. The molecule has 1 saturated carbocycles. The molecule has 30 heavy (non-hydrogen) atoms. The first kappa shape index (κ1) is 21.7. The summed E-state index contributed by atoms with van der Waals surface area (Å²) in [6.45, 7) is 3.81. The lowest BCUT2D eigenvalue weighted by Crippen LogP contribution is -2.14. The van der Waals surface area contributed by atoms with Crippen LogP contribution in [0.2, 0.25) is 5.02 Å². The van der Waals surface area contributed by atoms with E-state index in [-0.39, 0.29) is 23.8 Å². The second-order valence-corrected chi connectivity index (χ2v) is 7.77. The zero-order valence-electron chi connectivity index (χ0n) is 17.2. The first-order valence-electron chi connectivity index (χ1n) is 9.80. The predicted octanol–water partition coefficient (Wildman–Crippen LogP) is 5.14. The Labute approximate surface area is 181 Å². The van der Waals surface area contributed by atoms with E-state index in [0.717, 1.165) is 12.8 Å². The molecule has 1 fully saturated rings. The van der Waals surface area contributed by atoms with Gasteiger partial charge in [0, 0.05) is 23.4 Å². The number of ether oxygens (including phenoxy) is 2. The van der Waals surface area contributed by atoms with E-state index in [2.05, 4.69) is 10.6 Å². The third-order valence-corrected chi connectivity index (χ3v) is 4.66. The van der Waals surface area contributed by atoms with Crippen molar-refractivity contribution in [3.8, 4) is 11.5 Å². The van der Waals surface area contributed by atoms with Crippen LogP contribution in [0, 0.1) is 5.92 Å². The SMILES string of the molecule is COc1cc(/C=C/C(=O)Nc2cccc(NC(=O)C3CC3)c2)cc(Cl)c1OC(C)C. The highest BCUT2D eigenvalue weighted by molar-refractivity contribution is 6.32. The summed E-state index contributed by atoms with van der Waals surface area (Å²) in [4.78, 5) is 24.2. The number of hydrogen-bond donors (Lipinski definition) is 2. The summed E-state index contributed by atoms with van der Waals surface area (Å²) in [7, 11) is 1.54. The molecular weight excluding hydrogens is 404 g/mol. The number of methoxy groups -OCH3 is 1. The van der Waals surface area contributed by atoms with Gasteiger partial charge in [0.1, 0.15) is 0 Å². The second kappa shape index (κ2) is 9.67. The molecule has 0 unspecified atom stereocenters. The van der Waals surface area contributed by atoms with Gasteiger partial charge >= 0.3 is 0 Å². The van der Waals surface area contributed by atoms with Crippen molar-refractivity contribution in [1.29, 1.82) is 0 Å². The summed E-state index contributed by atoms with van der Waals surface area (Å²) < 4.78 is 11.1. The van der Waals surface area contributed by atoms with Crippen molar-refractivity contribution in [2.24, 2.45) is 5.92 Å². The highest BCUT2D eigenvalue weighted by Crippen LogP contribution is 2.37. The van der Waals surface area contributed by atoms with Gasteiger partial charge in [-0.15, -0.1) is 0 Å². The van der Waals surface area contributed by atoms with Crippen LogP contribution in [-0.4, -0.2) is 25.0 Å². The van der Waals surface area contributed by atoms with Crippen molar-refractivity contribution in [2.75, 3.05) is 17.7 Å². The van der Waals surface area contributed by atoms with Crippen molar-refractivity contribution in [3.63, 3.8) is 0 Å². The smallest absolute Gasteiger partial charge is 0.248 e. The molecule has 2 amide bonds. The second-order valence-electron chi connectivity index (χ2n) is 7.37. The number of carbonyl (C=O) groups is 2. The molecule has 1 aliphatic carbocycles. The van der Waals surface area contributed by atoms with Gasteiger partial charge in [0.05, 0.1) is 18.2 Å². The molecule has 1 aliphatic rings. The van der Waals surface area contributed by atoms with Gasteiger partial charge in [-0.05, 0) is 68.7 Å². The van der Waals surface area contributed by atoms with E-state index in [0.29, 0.717) is 33.5 Å². The van der Waals surface area contributed by atoms with Crippen LogP contribution in [-0.2, 0) is 9.59 Å². The quantitative estimate of drug-likeness (QED) is 0.571. The van der Waals surface area contributed by atoms with Gasteiger partial charge in [-0.3, -0.25) is 9.59 Å². The molecule has 0 aromatic heterocycles. The normalized spacial score (nSPS) is 13.4. The summed E-state index contributed by atoms with van der Waals surface area (Å²) in [5.74, 6) is 0.802. The van der Waals surface area contributed by atoms with E-state index in [1.165, 1.54) is 13.2 Å². The Balaban J connectivity index is 1.66. The maximum Gasteiger partial charge on any atom is 0.248 e. The van der Waals surface area contributed by atoms with Crippen molar-refractivity contribution >= 4 is 40.9 Å². The summed E-state index contributed by atoms with van der Waals surface area (Å²) in [5.41, 5.74) is 1.95. The van der Waals surface area contributed by atoms with E-state index in [1.54, 1.807) is 42.5 Å². The summed E-state index contributed by atoms with van der Waals surface area (Å²) in [6.07, 6.45) is 4.87. The molecule has 0 atom stereocenters. The number of carbonyl (C=O) groups excluding carboxylic acids is 2. The Kier molecular flexibility index (Phi) is 7.00. The number of hydrogen-bond acceptors (Lipinski definition) is 4. The third kappa shape index (κ3) is 6.00. The van der Waals surface area contributed by atoms with Crippen LogP contribution in [0.3, 0.4) is 0 Å². The van der Waals surface area contributed by atoms with Crippen LogP contribution in [0.5, 0.6) is 11.5 Å². The van der Waals surface area contributed by atoms with Gasteiger partial charge in [-0.2, -0.15) is 0 Å². The number of benzene rings is 2. The van der Waals surface area contributed by atoms with Crippen molar-refractivity contribution in [1.82, 2.24) is 0 Å². The molecule has 2 N–H and O–H groups in total. The number of halogens is 1. The first-order valence-corrected chi connectivity index (χ1v) is 10.2. The summed E-state index contributed by atoms with van der Waals surface area (Å²) >= 11 is 6.31. The molecule has 0 saturated heterocycles. The van der Waals surface area contributed by atoms with E-state index >= 15 is 0 Å². The Hall–Kier alpha value is -2.99. The van der Waals surface area contributed by atoms with Gasteiger partial charge in [0.15, 0.2) is 11.5 Å². The van der Waals surface area contributed by atoms with Crippen molar-refractivity contribution < 1.29 is 19.1 Å². The van der Waals surface area contributed by atoms with Gasteiger partial charge in [-0.25, -0.2) is 0 Å². The molecule has 0 radical (unpaired) electrons. The molecular formula is C23H25ClN2O4. The van der Waals surface area contributed by atoms with Crippen LogP contribution in [0.15, 0.2) is 42.5 Å². The molecule has 7 heteroatoms. The van der Waals surface area contributed by atoms with Crippen LogP contribution in [0.4, 0.5) is 11.4 Å². The lowest BCUT2D eigenvalue weighted by atomic mass is 10.1. The van der Waals surface area contributed by atoms with Crippen molar-refractivity contribution in [2.45, 2.75) is 32.8 Å². The zero-order valence-corrected chi connectivity index (χ0v) is 18.0. The molecule has 2 aromatic rings. The number of rotatable bonds is 8. The minimum Gasteiger partial charge on any atom is -0.493 e. The van der Waals surface area contributed by atoms with E-state index in [4.69, 9.17) is 21.1 Å². The lowest BCUT2D eigenvalue weighted by molar-refractivity contribution is -0.117. The van der Waals surface area contributed by atoms with E-state index < -0.39 is 0 Å². The topological polar surface area (TPSA) is 76.7 Å². The van der Waals surface area contributed by atoms with Gasteiger partial charge in [0.2, 0.25) is 11.8 Å². The predicted molar refractivity (Wildman–Crippen MR) is 119 cm³/mol. The number of anilines is 2. The zero-order chi connectivity index (χ0) is 21.7. The van der Waals surface area contributed by atoms with Crippen LogP contribution in [0.1, 0.15) is 32.3 Å². The minimum absolute atomic E-state index is 0.0223. The maximum absolute atomic E-state index is 12.3. The molecule has 6 nitrogen and oxygen atoms in total. The van der Waals surface area contributed by atoms with Crippen molar-refractivity contribution in [3.05, 3.63) is 53.1 Å². The first-order chi connectivity index (χ1) is 14.4. The van der Waals surface area contributed by atoms with Crippen LogP contribution >= 0.6 is 11.6 Å². The summed E-state index contributed by atoms with van der Waals surface area (Å²) in [5, 5.41) is 6.05. The van der Waals surface area contributed by atoms with E-state index in [9.17, 15) is 9.59 Å². The fourth-order valence-electron chi connectivity index (χ4n) is 2.81. The molecule has 0 aliphatic heterocycles. The molecule has 0 heterocycles. The largest absolute Gasteiger partial charge is 0.493 e. The van der Waals surface area contributed by atoms with Crippen LogP contribution < -0.4 is 20.1 Å². The Morgan fingerprint density at radius 3 is 2.47 bits per heavy atom. The Morgan fingerprint density at radius 1 is 1.13 bits per heavy atom. The highest BCUT2D eigenvalue weighted by atomic mass is 35.5. The minimum atomic E-state index is -0.307. The Bertz CT molecular complexity index is 968. The Morgan fingerprint density at radius 2 is 1.83 bits per heavy atom. The highest BCUT2D eigenvalue weighted by Gasteiger charge is 2.29. The standard InChI is InChI=1S/C23H25ClN2O4/c1-14(2)30-22-19(24)11-15(12-20(22)29-3)7-10-21(27)25-17-5-4-6-18(13-17)26-23(28)16-8-9-16/h4-7,10-14,16H,8-9H2,1-3H3,(H,25,27)(H,26,28)/b10-7+. The van der Waals surface area contributed by atoms with Gasteiger partial charge in [-0.1, -0.05) is 17.7 Å². The summed E-state index contributed by atoms with van der Waals surface area (Å²) in [6, 6.07) is 10.5. The fraction of sp³-hybridized carbons (Fsp3) is 0.304. The molecule has 3 rings (SSSR count). The van der Waals surface area contributed by atoms with Crippen LogP contribution in [0.25, 0.3) is 6.08 Å². The fourth-order valence-corrected chi connectivity index (χ4v) is 3.07. The molecule has 0 spiro atoms. The average molecular weight is 429 g/mol. The number of amides is 2. The van der Waals surface area contributed by atoms with Gasteiger partial charge < -0.3 is 20.1 Å². The van der Waals surface area contributed by atoms with E-state index in [1.807, 2.05) is 13.8 Å². The molecule has 2 aromatic carbocycles. The maximum atomic E-state index is 12.3. The lowest BCUT2D eigenvalue weighted by Gasteiger charge is -2.15. The molecule has 0 bridgehead atoms. The van der Waals surface area contributed by atoms with Gasteiger partial charge in [0.25, 0.3) is 0 Å². The monoisotopic (exact) mass is 428 g/mol. The third-order valence-electron chi connectivity index (χ3n) is 4.38. The average Bonchev–Trinajstić information content (AvgIpc) is 3.53.